The molecule has 0 aliphatic heterocycles. The van der Waals surface area contributed by atoms with Gasteiger partial charge in [-0.25, -0.2) is 0 Å². The molecule has 4 heteroatoms. The van der Waals surface area contributed by atoms with Crippen molar-refractivity contribution in [3.63, 3.8) is 0 Å². The molecule has 0 aliphatic rings. The molecule has 2 aromatic rings. The smallest absolute Gasteiger partial charge is 0.282 e. The van der Waals surface area contributed by atoms with E-state index in [-0.39, 0.29) is 4.90 Å². The van der Waals surface area contributed by atoms with Gasteiger partial charge in [0.2, 0.25) is 0 Å². The molecule has 0 atom stereocenters. The van der Waals surface area contributed by atoms with Crippen molar-refractivity contribution in [2.45, 2.75) is 83.0 Å². The van der Waals surface area contributed by atoms with Gasteiger partial charge in [-0.3, -0.25) is 4.55 Å². The van der Waals surface area contributed by atoms with Crippen LogP contribution >= 0.6 is 0 Å². The highest BCUT2D eigenvalue weighted by Gasteiger charge is 2.15. The van der Waals surface area contributed by atoms with Gasteiger partial charge < -0.3 is 0 Å². The van der Waals surface area contributed by atoms with Crippen molar-refractivity contribution in [3.8, 4) is 0 Å². The van der Waals surface area contributed by atoms with E-state index < -0.39 is 10.1 Å². The predicted molar refractivity (Wildman–Crippen MR) is 109 cm³/mol. The van der Waals surface area contributed by atoms with Gasteiger partial charge in [0.05, 0.1) is 4.90 Å². The zero-order valence-electron chi connectivity index (χ0n) is 16.1. The summed E-state index contributed by atoms with van der Waals surface area (Å²) in [6, 6.07) is 9.40. The minimum atomic E-state index is -4.19. The lowest BCUT2D eigenvalue weighted by atomic mass is 9.93. The molecule has 0 saturated heterocycles. The van der Waals surface area contributed by atoms with Gasteiger partial charge in [-0.2, -0.15) is 8.42 Å². The fraction of sp³-hybridized carbons (Fsp3) is 0.545. The number of fused-ring (bicyclic) bond motifs is 1. The van der Waals surface area contributed by atoms with Crippen molar-refractivity contribution < 1.29 is 13.0 Å². The molecule has 0 spiro atoms. The average Bonchev–Trinajstić information content (AvgIpc) is 2.61. The van der Waals surface area contributed by atoms with Gasteiger partial charge in [0, 0.05) is 0 Å². The van der Waals surface area contributed by atoms with Crippen LogP contribution in [0.15, 0.2) is 35.2 Å². The second kappa shape index (κ2) is 10.1. The van der Waals surface area contributed by atoms with Crippen LogP contribution in [-0.4, -0.2) is 13.0 Å². The van der Waals surface area contributed by atoms with Gasteiger partial charge in [-0.05, 0) is 59.7 Å². The summed E-state index contributed by atoms with van der Waals surface area (Å²) in [5, 5.41) is 2.10. The first-order valence-corrected chi connectivity index (χ1v) is 11.4. The van der Waals surface area contributed by atoms with Crippen molar-refractivity contribution in [1.29, 1.82) is 0 Å². The van der Waals surface area contributed by atoms with Gasteiger partial charge in [-0.15, -0.1) is 0 Å². The Hall–Kier alpha value is -1.39. The second-order valence-corrected chi connectivity index (χ2v) is 8.62. The van der Waals surface area contributed by atoms with Crippen molar-refractivity contribution in [3.05, 3.63) is 41.5 Å². The van der Waals surface area contributed by atoms with Crippen LogP contribution in [0.5, 0.6) is 0 Å². The molecule has 144 valence electrons. The summed E-state index contributed by atoms with van der Waals surface area (Å²) in [4.78, 5) is 0.0126. The van der Waals surface area contributed by atoms with E-state index in [9.17, 15) is 13.0 Å². The molecule has 0 saturated carbocycles. The first-order valence-electron chi connectivity index (χ1n) is 9.99. The average molecular weight is 377 g/mol. The Morgan fingerprint density at radius 3 is 2.00 bits per heavy atom. The van der Waals surface area contributed by atoms with Crippen LogP contribution in [0.3, 0.4) is 0 Å². The minimum absolute atomic E-state index is 0.0126. The van der Waals surface area contributed by atoms with E-state index in [4.69, 9.17) is 0 Å². The van der Waals surface area contributed by atoms with Crippen molar-refractivity contribution in [1.82, 2.24) is 0 Å². The molecule has 0 aromatic heterocycles. The van der Waals surface area contributed by atoms with Gasteiger partial charge in [0.15, 0.2) is 0 Å². The fourth-order valence-corrected chi connectivity index (χ4v) is 4.18. The van der Waals surface area contributed by atoms with Gasteiger partial charge in [0.25, 0.3) is 10.1 Å². The lowest BCUT2D eigenvalue weighted by Crippen LogP contribution is -2.02. The number of unbranched alkanes of at least 4 members (excludes halogenated alkanes) is 6. The molecule has 0 radical (unpaired) electrons. The predicted octanol–water partition coefficient (Wildman–Crippen LogP) is 6.33. The standard InChI is InChI=1S/C22H32O3S/c1-3-5-7-9-12-18-14-11-15-20-17-21(26(23,24)25)16-19(22(18)20)13-10-8-6-4-2/h11,14-17H,3-10,12-13H2,1-2H3,(H,23,24,25). The topological polar surface area (TPSA) is 54.4 Å². The van der Waals surface area contributed by atoms with E-state index >= 15 is 0 Å². The van der Waals surface area contributed by atoms with Crippen molar-refractivity contribution in [2.75, 3.05) is 0 Å². The van der Waals surface area contributed by atoms with Gasteiger partial charge in [0.1, 0.15) is 0 Å². The van der Waals surface area contributed by atoms with Gasteiger partial charge >= 0.3 is 0 Å². The molecule has 0 fully saturated rings. The summed E-state index contributed by atoms with van der Waals surface area (Å²) >= 11 is 0. The zero-order chi connectivity index (χ0) is 19.0. The maximum Gasteiger partial charge on any atom is 0.294 e. The third-order valence-electron chi connectivity index (χ3n) is 5.02. The number of benzene rings is 2. The molecule has 0 unspecified atom stereocenters. The number of aryl methyl sites for hydroxylation is 2. The zero-order valence-corrected chi connectivity index (χ0v) is 16.9. The SMILES string of the molecule is CCCCCCc1cccc2cc(S(=O)(=O)O)cc(CCCCCC)c12. The highest BCUT2D eigenvalue weighted by Crippen LogP contribution is 2.29. The van der Waals surface area contributed by atoms with E-state index in [0.717, 1.165) is 43.1 Å². The van der Waals surface area contributed by atoms with Crippen molar-refractivity contribution in [2.24, 2.45) is 0 Å². The highest BCUT2D eigenvalue weighted by molar-refractivity contribution is 7.85. The molecule has 0 heterocycles. The van der Waals surface area contributed by atoms with Crippen LogP contribution in [0, 0.1) is 0 Å². The van der Waals surface area contributed by atoms with Crippen LogP contribution in [0.25, 0.3) is 10.8 Å². The van der Waals surface area contributed by atoms with Crippen LogP contribution in [0.4, 0.5) is 0 Å². The molecular formula is C22H32O3S. The minimum Gasteiger partial charge on any atom is -0.282 e. The summed E-state index contributed by atoms with van der Waals surface area (Å²) in [6.07, 6.45) is 11.3. The second-order valence-electron chi connectivity index (χ2n) is 7.19. The summed E-state index contributed by atoms with van der Waals surface area (Å²) in [7, 11) is -4.19. The fourth-order valence-electron chi connectivity index (χ4n) is 3.61. The Morgan fingerprint density at radius 2 is 1.42 bits per heavy atom. The monoisotopic (exact) mass is 376 g/mol. The van der Waals surface area contributed by atoms with Crippen molar-refractivity contribution >= 4 is 20.9 Å². The lowest BCUT2D eigenvalue weighted by Gasteiger charge is -2.14. The summed E-state index contributed by atoms with van der Waals surface area (Å²) in [5.74, 6) is 0. The lowest BCUT2D eigenvalue weighted by molar-refractivity contribution is 0.483. The van der Waals surface area contributed by atoms with Crippen LogP contribution in [0.2, 0.25) is 0 Å². The summed E-state index contributed by atoms with van der Waals surface area (Å²) in [6.45, 7) is 4.39. The molecule has 3 nitrogen and oxygen atoms in total. The van der Waals surface area contributed by atoms with E-state index in [1.165, 1.54) is 43.1 Å². The Balaban J connectivity index is 2.39. The van der Waals surface area contributed by atoms with Crippen LogP contribution in [0.1, 0.15) is 76.3 Å². The number of hydrogen-bond donors (Lipinski definition) is 1. The molecule has 1 N–H and O–H groups in total. The molecule has 2 aromatic carbocycles. The van der Waals surface area contributed by atoms with Crippen LogP contribution in [-0.2, 0) is 23.0 Å². The first-order chi connectivity index (χ1) is 12.5. The molecule has 2 rings (SSSR count). The summed E-state index contributed by atoms with van der Waals surface area (Å²) in [5.41, 5.74) is 2.35. The molecular weight excluding hydrogens is 344 g/mol. The third kappa shape index (κ3) is 5.82. The Labute approximate surface area is 158 Å². The molecule has 0 bridgehead atoms. The van der Waals surface area contributed by atoms with E-state index in [1.54, 1.807) is 12.1 Å². The Kier molecular flexibility index (Phi) is 8.11. The summed E-state index contributed by atoms with van der Waals surface area (Å²) < 4.78 is 32.9. The molecule has 26 heavy (non-hydrogen) atoms. The van der Waals surface area contributed by atoms with E-state index in [0.29, 0.717) is 0 Å². The normalized spacial score (nSPS) is 12.0. The van der Waals surface area contributed by atoms with Gasteiger partial charge in [-0.1, -0.05) is 70.6 Å². The maximum absolute atomic E-state index is 11.7. The highest BCUT2D eigenvalue weighted by atomic mass is 32.2. The number of rotatable bonds is 11. The van der Waals surface area contributed by atoms with E-state index in [2.05, 4.69) is 19.9 Å². The molecule has 0 amide bonds. The van der Waals surface area contributed by atoms with Crippen LogP contribution < -0.4 is 0 Å². The largest absolute Gasteiger partial charge is 0.294 e. The van der Waals surface area contributed by atoms with E-state index in [1.807, 2.05) is 12.1 Å². The first kappa shape index (κ1) is 20.9. The third-order valence-corrected chi connectivity index (χ3v) is 5.85. The molecule has 0 aliphatic carbocycles. The quantitative estimate of drug-likeness (QED) is 0.368. The number of hydrogen-bond acceptors (Lipinski definition) is 2. The Morgan fingerprint density at radius 1 is 0.808 bits per heavy atom. The Bertz CT molecular complexity index is 809. The maximum atomic E-state index is 11.7.